The molecule has 3 heteroatoms. The van der Waals surface area contributed by atoms with Gasteiger partial charge in [-0.25, -0.2) is 0 Å². The van der Waals surface area contributed by atoms with Crippen LogP contribution in [-0.4, -0.2) is 22.9 Å². The maximum atomic E-state index is 12.1. The Morgan fingerprint density at radius 2 is 2.00 bits per heavy atom. The van der Waals surface area contributed by atoms with Gasteiger partial charge < -0.3 is 4.90 Å². The minimum atomic E-state index is -0.0554. The van der Waals surface area contributed by atoms with Gasteiger partial charge in [-0.05, 0) is 37.8 Å². The predicted molar refractivity (Wildman–Crippen MR) is 66.4 cm³/mol. The summed E-state index contributed by atoms with van der Waals surface area (Å²) in [5, 5.41) is 3.41. The number of carbonyl (C=O) groups is 1. The second-order valence-electron chi connectivity index (χ2n) is 5.12. The molecule has 1 heterocycles. The second kappa shape index (κ2) is 3.84. The first kappa shape index (κ1) is 10.8. The molecule has 1 aromatic carbocycles. The summed E-state index contributed by atoms with van der Waals surface area (Å²) in [5.74, 6) is 0.251. The molecule has 0 spiro atoms. The molecule has 2 aliphatic rings. The van der Waals surface area contributed by atoms with E-state index in [2.05, 4.69) is 24.4 Å². The average molecular weight is 230 g/mol. The molecular formula is C14H18N2O. The Morgan fingerprint density at radius 3 is 2.65 bits per heavy atom. The fourth-order valence-electron chi connectivity index (χ4n) is 2.62. The lowest BCUT2D eigenvalue weighted by Gasteiger charge is -2.25. The Bertz CT molecular complexity index is 453. The summed E-state index contributed by atoms with van der Waals surface area (Å²) in [6.45, 7) is 4.06. The van der Waals surface area contributed by atoms with E-state index in [9.17, 15) is 4.79 Å². The Kier molecular flexibility index (Phi) is 2.44. The Hall–Kier alpha value is -1.35. The summed E-state index contributed by atoms with van der Waals surface area (Å²) in [4.78, 5) is 14.2. The SMILES string of the molecule is Cc1ccccc1C1NC(C)C(=O)N1C1CC1. The van der Waals surface area contributed by atoms with E-state index in [1.807, 2.05) is 24.0 Å². The van der Waals surface area contributed by atoms with Crippen molar-refractivity contribution >= 4 is 5.91 Å². The van der Waals surface area contributed by atoms with Crippen molar-refractivity contribution in [2.75, 3.05) is 0 Å². The molecule has 0 bridgehead atoms. The number of carbonyl (C=O) groups excluding carboxylic acids is 1. The molecule has 1 aliphatic carbocycles. The number of nitrogens with zero attached hydrogens (tertiary/aromatic N) is 1. The van der Waals surface area contributed by atoms with E-state index in [1.54, 1.807) is 0 Å². The van der Waals surface area contributed by atoms with E-state index in [1.165, 1.54) is 11.1 Å². The van der Waals surface area contributed by atoms with Gasteiger partial charge in [0, 0.05) is 6.04 Å². The van der Waals surface area contributed by atoms with Crippen molar-refractivity contribution in [2.45, 2.75) is 44.9 Å². The van der Waals surface area contributed by atoms with Gasteiger partial charge in [0.1, 0.15) is 6.17 Å². The van der Waals surface area contributed by atoms with E-state index >= 15 is 0 Å². The molecule has 2 atom stereocenters. The van der Waals surface area contributed by atoms with E-state index in [0.29, 0.717) is 6.04 Å². The summed E-state index contributed by atoms with van der Waals surface area (Å²) >= 11 is 0. The first-order valence-electron chi connectivity index (χ1n) is 6.32. The molecule has 0 aromatic heterocycles. The zero-order valence-corrected chi connectivity index (χ0v) is 10.3. The third kappa shape index (κ3) is 1.75. The second-order valence-corrected chi connectivity index (χ2v) is 5.12. The van der Waals surface area contributed by atoms with Crippen LogP contribution in [0.15, 0.2) is 24.3 Å². The largest absolute Gasteiger partial charge is 0.319 e. The predicted octanol–water partition coefficient (Wildman–Crippen LogP) is 1.98. The first-order chi connectivity index (χ1) is 8.18. The quantitative estimate of drug-likeness (QED) is 0.842. The molecule has 2 fully saturated rings. The van der Waals surface area contributed by atoms with E-state index < -0.39 is 0 Å². The molecule has 3 rings (SSSR count). The topological polar surface area (TPSA) is 32.3 Å². The van der Waals surface area contributed by atoms with Crippen LogP contribution in [0.3, 0.4) is 0 Å². The summed E-state index contributed by atoms with van der Waals surface area (Å²) in [7, 11) is 0. The Balaban J connectivity index is 1.96. The monoisotopic (exact) mass is 230 g/mol. The highest BCUT2D eigenvalue weighted by Crippen LogP contribution is 2.37. The van der Waals surface area contributed by atoms with Gasteiger partial charge in [-0.2, -0.15) is 0 Å². The lowest BCUT2D eigenvalue weighted by atomic mass is 10.1. The van der Waals surface area contributed by atoms with Crippen LogP contribution in [0.2, 0.25) is 0 Å². The highest BCUT2D eigenvalue weighted by Gasteiger charge is 2.45. The maximum absolute atomic E-state index is 12.1. The summed E-state index contributed by atoms with van der Waals surface area (Å²) in [6, 6.07) is 8.72. The normalized spacial score (nSPS) is 28.8. The molecule has 1 saturated carbocycles. The van der Waals surface area contributed by atoms with Gasteiger partial charge in [-0.1, -0.05) is 24.3 Å². The summed E-state index contributed by atoms with van der Waals surface area (Å²) in [6.07, 6.45) is 2.39. The van der Waals surface area contributed by atoms with Crippen molar-refractivity contribution in [3.8, 4) is 0 Å². The van der Waals surface area contributed by atoms with Gasteiger partial charge in [0.05, 0.1) is 6.04 Å². The van der Waals surface area contributed by atoms with Crippen LogP contribution in [0.1, 0.15) is 37.1 Å². The van der Waals surface area contributed by atoms with Crippen LogP contribution in [0.4, 0.5) is 0 Å². The lowest BCUT2D eigenvalue weighted by Crippen LogP contribution is -2.32. The fourth-order valence-corrected chi connectivity index (χ4v) is 2.62. The molecule has 1 N–H and O–H groups in total. The van der Waals surface area contributed by atoms with Crippen LogP contribution < -0.4 is 5.32 Å². The number of hydrogen-bond donors (Lipinski definition) is 1. The van der Waals surface area contributed by atoms with Crippen molar-refractivity contribution < 1.29 is 4.79 Å². The molecule has 1 aliphatic heterocycles. The first-order valence-corrected chi connectivity index (χ1v) is 6.32. The molecule has 0 radical (unpaired) electrons. The van der Waals surface area contributed by atoms with Gasteiger partial charge in [0.2, 0.25) is 5.91 Å². The smallest absolute Gasteiger partial charge is 0.241 e. The number of hydrogen-bond acceptors (Lipinski definition) is 2. The number of rotatable bonds is 2. The number of amides is 1. The molecule has 1 aromatic rings. The minimum Gasteiger partial charge on any atom is -0.319 e. The third-order valence-electron chi connectivity index (χ3n) is 3.73. The number of nitrogens with one attached hydrogen (secondary N) is 1. The zero-order chi connectivity index (χ0) is 12.0. The van der Waals surface area contributed by atoms with Crippen LogP contribution >= 0.6 is 0 Å². The van der Waals surface area contributed by atoms with Crippen molar-refractivity contribution in [3.63, 3.8) is 0 Å². The highest BCUT2D eigenvalue weighted by molar-refractivity contribution is 5.84. The van der Waals surface area contributed by atoms with Gasteiger partial charge >= 0.3 is 0 Å². The fraction of sp³-hybridized carbons (Fsp3) is 0.500. The van der Waals surface area contributed by atoms with Gasteiger partial charge in [0.25, 0.3) is 0 Å². The van der Waals surface area contributed by atoms with Crippen LogP contribution in [0.25, 0.3) is 0 Å². The van der Waals surface area contributed by atoms with Gasteiger partial charge in [-0.15, -0.1) is 0 Å². The van der Waals surface area contributed by atoms with E-state index in [4.69, 9.17) is 0 Å². The molecule has 2 unspecified atom stereocenters. The standard InChI is InChI=1S/C14H18N2O/c1-9-5-3-4-6-12(9)13-15-10(2)14(17)16(13)11-7-8-11/h3-6,10-11,13,15H,7-8H2,1-2H3. The van der Waals surface area contributed by atoms with Crippen molar-refractivity contribution in [3.05, 3.63) is 35.4 Å². The Morgan fingerprint density at radius 1 is 1.29 bits per heavy atom. The molecule has 17 heavy (non-hydrogen) atoms. The maximum Gasteiger partial charge on any atom is 0.241 e. The highest BCUT2D eigenvalue weighted by atomic mass is 16.2. The molecular weight excluding hydrogens is 212 g/mol. The van der Waals surface area contributed by atoms with E-state index in [-0.39, 0.29) is 18.1 Å². The van der Waals surface area contributed by atoms with Crippen LogP contribution in [0, 0.1) is 6.92 Å². The van der Waals surface area contributed by atoms with Crippen molar-refractivity contribution in [1.82, 2.24) is 10.2 Å². The van der Waals surface area contributed by atoms with E-state index in [0.717, 1.165) is 12.8 Å². The third-order valence-corrected chi connectivity index (χ3v) is 3.73. The number of aryl methyl sites for hydroxylation is 1. The summed E-state index contributed by atoms with van der Waals surface area (Å²) in [5.41, 5.74) is 2.48. The molecule has 1 amide bonds. The van der Waals surface area contributed by atoms with Gasteiger partial charge in [-0.3, -0.25) is 10.1 Å². The molecule has 1 saturated heterocycles. The van der Waals surface area contributed by atoms with Gasteiger partial charge in [0.15, 0.2) is 0 Å². The molecule has 3 nitrogen and oxygen atoms in total. The van der Waals surface area contributed by atoms with Crippen LogP contribution in [-0.2, 0) is 4.79 Å². The number of benzene rings is 1. The minimum absolute atomic E-state index is 0.0554. The molecule has 90 valence electrons. The summed E-state index contributed by atoms with van der Waals surface area (Å²) < 4.78 is 0. The lowest BCUT2D eigenvalue weighted by molar-refractivity contribution is -0.130. The van der Waals surface area contributed by atoms with Crippen molar-refractivity contribution in [2.24, 2.45) is 0 Å². The zero-order valence-electron chi connectivity index (χ0n) is 10.3. The van der Waals surface area contributed by atoms with Crippen LogP contribution in [0.5, 0.6) is 0 Å². The average Bonchev–Trinajstić information content (AvgIpc) is 3.09. The van der Waals surface area contributed by atoms with Crippen molar-refractivity contribution in [1.29, 1.82) is 0 Å². The Labute approximate surface area is 102 Å².